The van der Waals surface area contributed by atoms with Gasteiger partial charge < -0.3 is 5.73 Å². The molecule has 0 saturated heterocycles. The van der Waals surface area contributed by atoms with Crippen LogP contribution in [0.5, 0.6) is 0 Å². The zero-order valence-electron chi connectivity index (χ0n) is 11.8. The van der Waals surface area contributed by atoms with E-state index in [1.165, 1.54) is 29.5 Å². The van der Waals surface area contributed by atoms with Crippen molar-refractivity contribution in [2.75, 3.05) is 0 Å². The Labute approximate surface area is 106 Å². The van der Waals surface area contributed by atoms with Crippen molar-refractivity contribution < 1.29 is 0 Å². The molecule has 0 spiro atoms. The van der Waals surface area contributed by atoms with Crippen LogP contribution in [0.15, 0.2) is 18.2 Å². The van der Waals surface area contributed by atoms with Crippen LogP contribution in [0.1, 0.15) is 63.1 Å². The second-order valence-corrected chi connectivity index (χ2v) is 5.26. The van der Waals surface area contributed by atoms with Gasteiger partial charge in [0, 0.05) is 6.04 Å². The van der Waals surface area contributed by atoms with Crippen LogP contribution in [-0.4, -0.2) is 6.04 Å². The molecule has 0 fully saturated rings. The summed E-state index contributed by atoms with van der Waals surface area (Å²) in [6.07, 6.45) is 4.46. The summed E-state index contributed by atoms with van der Waals surface area (Å²) in [6.45, 7) is 8.95. The van der Waals surface area contributed by atoms with Crippen LogP contribution < -0.4 is 5.73 Å². The predicted molar refractivity (Wildman–Crippen MR) is 76.5 cm³/mol. The topological polar surface area (TPSA) is 26.0 Å². The standard InChI is InChI=1S/C16H27N/c1-5-8-13-9-7-10-15(12(3)4)16(13)11-14(17)6-2/h7,9-10,12,14H,5-6,8,11,17H2,1-4H3/t14-/m0/s1. The van der Waals surface area contributed by atoms with Gasteiger partial charge in [-0.05, 0) is 41.9 Å². The molecule has 0 saturated carbocycles. The van der Waals surface area contributed by atoms with Crippen molar-refractivity contribution in [2.24, 2.45) is 5.73 Å². The maximum absolute atomic E-state index is 6.14. The van der Waals surface area contributed by atoms with Crippen LogP contribution in [0.3, 0.4) is 0 Å². The van der Waals surface area contributed by atoms with E-state index in [9.17, 15) is 0 Å². The second kappa shape index (κ2) is 6.80. The van der Waals surface area contributed by atoms with Crippen molar-refractivity contribution in [3.05, 3.63) is 34.9 Å². The van der Waals surface area contributed by atoms with Gasteiger partial charge in [0.05, 0.1) is 0 Å². The fraction of sp³-hybridized carbons (Fsp3) is 0.625. The summed E-state index contributed by atoms with van der Waals surface area (Å²) in [6, 6.07) is 7.03. The highest BCUT2D eigenvalue weighted by atomic mass is 14.6. The number of rotatable bonds is 6. The smallest absolute Gasteiger partial charge is 0.00769 e. The van der Waals surface area contributed by atoms with Crippen molar-refractivity contribution in [1.82, 2.24) is 0 Å². The molecule has 1 rings (SSSR count). The van der Waals surface area contributed by atoms with Gasteiger partial charge in [0.15, 0.2) is 0 Å². The SMILES string of the molecule is CCCc1cccc(C(C)C)c1C[C@@H](N)CC. The number of benzene rings is 1. The van der Waals surface area contributed by atoms with Gasteiger partial charge in [-0.1, -0.05) is 52.3 Å². The molecule has 0 amide bonds. The molecule has 0 radical (unpaired) electrons. The van der Waals surface area contributed by atoms with Crippen LogP contribution in [-0.2, 0) is 12.8 Å². The fourth-order valence-corrected chi connectivity index (χ4v) is 2.35. The Kier molecular flexibility index (Phi) is 5.70. The summed E-state index contributed by atoms with van der Waals surface area (Å²) in [7, 11) is 0. The maximum atomic E-state index is 6.14. The maximum Gasteiger partial charge on any atom is 0.00769 e. The molecule has 1 aromatic rings. The summed E-state index contributed by atoms with van der Waals surface area (Å²) in [5.74, 6) is 0.589. The zero-order chi connectivity index (χ0) is 12.8. The van der Waals surface area contributed by atoms with Crippen LogP contribution in [0.2, 0.25) is 0 Å². The van der Waals surface area contributed by atoms with E-state index in [2.05, 4.69) is 45.9 Å². The molecule has 0 bridgehead atoms. The highest BCUT2D eigenvalue weighted by Gasteiger charge is 2.13. The van der Waals surface area contributed by atoms with Crippen LogP contribution >= 0.6 is 0 Å². The van der Waals surface area contributed by atoms with E-state index in [1.54, 1.807) is 0 Å². The summed E-state index contributed by atoms with van der Waals surface area (Å²) in [5.41, 5.74) is 10.6. The van der Waals surface area contributed by atoms with Gasteiger partial charge in [-0.15, -0.1) is 0 Å². The van der Waals surface area contributed by atoms with Crippen LogP contribution in [0.4, 0.5) is 0 Å². The third-order valence-electron chi connectivity index (χ3n) is 3.44. The van der Waals surface area contributed by atoms with Crippen molar-refractivity contribution in [3.63, 3.8) is 0 Å². The van der Waals surface area contributed by atoms with Gasteiger partial charge in [0.25, 0.3) is 0 Å². The molecule has 0 heterocycles. The van der Waals surface area contributed by atoms with Gasteiger partial charge in [-0.25, -0.2) is 0 Å². The molecule has 1 nitrogen and oxygen atoms in total. The van der Waals surface area contributed by atoms with Gasteiger partial charge in [0.2, 0.25) is 0 Å². The lowest BCUT2D eigenvalue weighted by atomic mass is 9.87. The highest BCUT2D eigenvalue weighted by Crippen LogP contribution is 2.25. The monoisotopic (exact) mass is 233 g/mol. The quantitative estimate of drug-likeness (QED) is 0.788. The van der Waals surface area contributed by atoms with E-state index in [1.807, 2.05) is 0 Å². The fourth-order valence-electron chi connectivity index (χ4n) is 2.35. The minimum atomic E-state index is 0.297. The van der Waals surface area contributed by atoms with Gasteiger partial charge in [0.1, 0.15) is 0 Å². The molecule has 0 unspecified atom stereocenters. The third-order valence-corrected chi connectivity index (χ3v) is 3.44. The first-order chi connectivity index (χ1) is 8.10. The Morgan fingerprint density at radius 1 is 1.18 bits per heavy atom. The lowest BCUT2D eigenvalue weighted by Crippen LogP contribution is -2.23. The lowest BCUT2D eigenvalue weighted by molar-refractivity contribution is 0.634. The number of aryl methyl sites for hydroxylation is 1. The Balaban J connectivity index is 3.09. The van der Waals surface area contributed by atoms with Crippen molar-refractivity contribution >= 4 is 0 Å². The second-order valence-electron chi connectivity index (χ2n) is 5.26. The van der Waals surface area contributed by atoms with E-state index in [-0.39, 0.29) is 0 Å². The Hall–Kier alpha value is -0.820. The summed E-state index contributed by atoms with van der Waals surface area (Å²) < 4.78 is 0. The predicted octanol–water partition coefficient (Wildman–Crippen LogP) is 4.04. The normalized spacial score (nSPS) is 13.1. The average molecular weight is 233 g/mol. The summed E-state index contributed by atoms with van der Waals surface area (Å²) in [4.78, 5) is 0. The van der Waals surface area contributed by atoms with Crippen molar-refractivity contribution in [3.8, 4) is 0 Å². The van der Waals surface area contributed by atoms with Crippen LogP contribution in [0, 0.1) is 0 Å². The third kappa shape index (κ3) is 3.85. The van der Waals surface area contributed by atoms with Crippen molar-refractivity contribution in [2.45, 2.75) is 65.3 Å². The summed E-state index contributed by atoms with van der Waals surface area (Å²) in [5, 5.41) is 0. The first-order valence-electron chi connectivity index (χ1n) is 6.96. The van der Waals surface area contributed by atoms with E-state index >= 15 is 0 Å². The molecule has 1 atom stereocenters. The van der Waals surface area contributed by atoms with Crippen LogP contribution in [0.25, 0.3) is 0 Å². The Morgan fingerprint density at radius 2 is 1.88 bits per heavy atom. The lowest BCUT2D eigenvalue weighted by Gasteiger charge is -2.19. The molecule has 17 heavy (non-hydrogen) atoms. The molecule has 0 aliphatic rings. The Bertz CT molecular complexity index is 341. The molecular formula is C16H27N. The van der Waals surface area contributed by atoms with E-state index in [0.29, 0.717) is 12.0 Å². The number of hydrogen-bond donors (Lipinski definition) is 1. The minimum absolute atomic E-state index is 0.297. The molecule has 2 N–H and O–H groups in total. The number of nitrogens with two attached hydrogens (primary N) is 1. The summed E-state index contributed by atoms with van der Waals surface area (Å²) >= 11 is 0. The first kappa shape index (κ1) is 14.2. The van der Waals surface area contributed by atoms with Gasteiger partial charge in [-0.2, -0.15) is 0 Å². The molecule has 0 aliphatic carbocycles. The van der Waals surface area contributed by atoms with E-state index in [4.69, 9.17) is 5.73 Å². The highest BCUT2D eigenvalue weighted by molar-refractivity contribution is 5.38. The van der Waals surface area contributed by atoms with E-state index in [0.717, 1.165) is 12.8 Å². The largest absolute Gasteiger partial charge is 0.327 e. The molecule has 96 valence electrons. The number of hydrogen-bond acceptors (Lipinski definition) is 1. The average Bonchev–Trinajstić information content (AvgIpc) is 2.31. The molecule has 0 aliphatic heterocycles. The first-order valence-corrected chi connectivity index (χ1v) is 6.96. The molecular weight excluding hydrogens is 206 g/mol. The molecule has 1 aromatic carbocycles. The molecule has 1 heteroatoms. The van der Waals surface area contributed by atoms with Gasteiger partial charge >= 0.3 is 0 Å². The Morgan fingerprint density at radius 3 is 2.41 bits per heavy atom. The van der Waals surface area contributed by atoms with Crippen molar-refractivity contribution in [1.29, 1.82) is 0 Å². The zero-order valence-corrected chi connectivity index (χ0v) is 11.8. The molecule has 0 aromatic heterocycles. The minimum Gasteiger partial charge on any atom is -0.327 e. The van der Waals surface area contributed by atoms with Gasteiger partial charge in [-0.3, -0.25) is 0 Å². The van der Waals surface area contributed by atoms with E-state index < -0.39 is 0 Å².